The lowest BCUT2D eigenvalue weighted by Crippen LogP contribution is -2.57. The zero-order valence-corrected chi connectivity index (χ0v) is 20.7. The molecule has 4 unspecified atom stereocenters. The number of aliphatic carboxylic acids is 2. The number of hydrogen-bond acceptors (Lipinski definition) is 7. The van der Waals surface area contributed by atoms with Crippen LogP contribution in [-0.2, 0) is 24.0 Å². The monoisotopic (exact) mass is 490 g/mol. The average molecular weight is 491 g/mol. The quantitative estimate of drug-likeness (QED) is 0.175. The van der Waals surface area contributed by atoms with E-state index in [1.54, 1.807) is 6.26 Å². The molecule has 7 N–H and O–H groups in total. The Kier molecular flexibility index (Phi) is 14.4. The van der Waals surface area contributed by atoms with Crippen molar-refractivity contribution in [1.82, 2.24) is 16.0 Å². The van der Waals surface area contributed by atoms with Gasteiger partial charge in [0.1, 0.15) is 18.1 Å². The third-order valence-corrected chi connectivity index (χ3v) is 5.28. The van der Waals surface area contributed by atoms with Crippen LogP contribution in [0.3, 0.4) is 0 Å². The first kappa shape index (κ1) is 30.7. The summed E-state index contributed by atoms with van der Waals surface area (Å²) in [7, 11) is 0. The molecule has 0 saturated heterocycles. The Morgan fingerprint density at radius 1 is 0.788 bits per heavy atom. The lowest BCUT2D eigenvalue weighted by Gasteiger charge is -2.26. The maximum absolute atomic E-state index is 13.0. The number of hydrogen-bond donors (Lipinski definition) is 6. The van der Waals surface area contributed by atoms with E-state index in [-0.39, 0.29) is 18.3 Å². The molecule has 3 amide bonds. The van der Waals surface area contributed by atoms with Gasteiger partial charge in [0.25, 0.3) is 0 Å². The number of rotatable bonds is 16. The summed E-state index contributed by atoms with van der Waals surface area (Å²) in [5.74, 6) is -4.03. The molecule has 4 atom stereocenters. The van der Waals surface area contributed by atoms with Gasteiger partial charge in [-0.15, -0.1) is 0 Å². The molecule has 0 heterocycles. The van der Waals surface area contributed by atoms with Crippen molar-refractivity contribution in [3.05, 3.63) is 0 Å². The minimum Gasteiger partial charge on any atom is -0.481 e. The maximum Gasteiger partial charge on any atom is 0.326 e. The molecule has 0 radical (unpaired) electrons. The van der Waals surface area contributed by atoms with Gasteiger partial charge < -0.3 is 31.9 Å². The lowest BCUT2D eigenvalue weighted by atomic mass is 10.00. The van der Waals surface area contributed by atoms with Gasteiger partial charge in [-0.25, -0.2) is 4.79 Å². The Morgan fingerprint density at radius 3 is 1.73 bits per heavy atom. The fourth-order valence-corrected chi connectivity index (χ4v) is 3.49. The second-order valence-electron chi connectivity index (χ2n) is 8.77. The van der Waals surface area contributed by atoms with E-state index in [1.807, 2.05) is 27.7 Å². The highest BCUT2D eigenvalue weighted by molar-refractivity contribution is 7.98. The van der Waals surface area contributed by atoms with Crippen molar-refractivity contribution in [2.24, 2.45) is 17.6 Å². The Morgan fingerprint density at radius 2 is 1.27 bits per heavy atom. The van der Waals surface area contributed by atoms with Crippen LogP contribution >= 0.6 is 11.8 Å². The molecule has 0 spiro atoms. The molecular formula is C21H38N4O7S. The highest BCUT2D eigenvalue weighted by Gasteiger charge is 2.31. The predicted molar refractivity (Wildman–Crippen MR) is 126 cm³/mol. The van der Waals surface area contributed by atoms with E-state index in [9.17, 15) is 29.1 Å². The smallest absolute Gasteiger partial charge is 0.326 e. The summed E-state index contributed by atoms with van der Waals surface area (Å²) in [6.07, 6.45) is 1.94. The predicted octanol–water partition coefficient (Wildman–Crippen LogP) is 0.173. The molecule has 0 rings (SSSR count). The Balaban J connectivity index is 5.47. The van der Waals surface area contributed by atoms with Crippen LogP contribution in [0.5, 0.6) is 0 Å². The Hall–Kier alpha value is -2.34. The van der Waals surface area contributed by atoms with Crippen molar-refractivity contribution < 1.29 is 34.2 Å². The zero-order chi connectivity index (χ0) is 25.7. The van der Waals surface area contributed by atoms with Crippen molar-refractivity contribution in [3.63, 3.8) is 0 Å². The van der Waals surface area contributed by atoms with Gasteiger partial charge in [-0.2, -0.15) is 11.8 Å². The van der Waals surface area contributed by atoms with Gasteiger partial charge in [0.05, 0.1) is 12.5 Å². The highest BCUT2D eigenvalue weighted by atomic mass is 32.2. The van der Waals surface area contributed by atoms with Gasteiger partial charge in [-0.3, -0.25) is 19.2 Å². The Labute approximate surface area is 199 Å². The summed E-state index contributed by atoms with van der Waals surface area (Å²) in [5.41, 5.74) is 5.92. The van der Waals surface area contributed by atoms with E-state index in [0.717, 1.165) is 0 Å². The van der Waals surface area contributed by atoms with Crippen LogP contribution in [0.4, 0.5) is 0 Å². The molecule has 0 fully saturated rings. The van der Waals surface area contributed by atoms with Crippen molar-refractivity contribution in [2.45, 2.75) is 77.5 Å². The molecule has 11 nitrogen and oxygen atoms in total. The molecule has 0 aliphatic carbocycles. The summed E-state index contributed by atoms with van der Waals surface area (Å²) < 4.78 is 0. The zero-order valence-electron chi connectivity index (χ0n) is 19.9. The molecule has 0 aliphatic heterocycles. The van der Waals surface area contributed by atoms with Crippen LogP contribution in [0.1, 0.15) is 53.4 Å². The minimum atomic E-state index is -1.64. The molecule has 0 aromatic heterocycles. The molecular weight excluding hydrogens is 452 g/mol. The second kappa shape index (κ2) is 15.5. The molecule has 0 aliphatic rings. The SMILES string of the molecule is CSCCC(NC(=O)C(CC(C)C)NC(=O)C(N)CC(C)C)C(=O)NC(CC(=O)O)C(=O)O. The third kappa shape index (κ3) is 13.1. The van der Waals surface area contributed by atoms with E-state index in [2.05, 4.69) is 16.0 Å². The summed E-state index contributed by atoms with van der Waals surface area (Å²) in [6.45, 7) is 7.60. The number of carbonyl (C=O) groups excluding carboxylic acids is 3. The van der Waals surface area contributed by atoms with Crippen LogP contribution in [0.25, 0.3) is 0 Å². The van der Waals surface area contributed by atoms with Crippen LogP contribution < -0.4 is 21.7 Å². The van der Waals surface area contributed by atoms with E-state index in [1.165, 1.54) is 11.8 Å². The van der Waals surface area contributed by atoms with Gasteiger partial charge in [-0.05, 0) is 43.1 Å². The average Bonchev–Trinajstić information content (AvgIpc) is 2.68. The number of thioether (sulfide) groups is 1. The number of carboxylic acid groups (broad SMARTS) is 2. The van der Waals surface area contributed by atoms with Gasteiger partial charge in [0.2, 0.25) is 17.7 Å². The summed E-state index contributed by atoms with van der Waals surface area (Å²) >= 11 is 1.42. The highest BCUT2D eigenvalue weighted by Crippen LogP contribution is 2.09. The van der Waals surface area contributed by atoms with E-state index in [0.29, 0.717) is 18.6 Å². The van der Waals surface area contributed by atoms with Crippen molar-refractivity contribution in [1.29, 1.82) is 0 Å². The molecule has 0 aromatic carbocycles. The Bertz CT molecular complexity index is 688. The van der Waals surface area contributed by atoms with Gasteiger partial charge in [0, 0.05) is 0 Å². The number of amides is 3. The first-order valence-electron chi connectivity index (χ1n) is 10.9. The van der Waals surface area contributed by atoms with E-state index < -0.39 is 60.2 Å². The van der Waals surface area contributed by atoms with E-state index >= 15 is 0 Å². The van der Waals surface area contributed by atoms with Crippen molar-refractivity contribution >= 4 is 41.4 Å². The van der Waals surface area contributed by atoms with Gasteiger partial charge >= 0.3 is 11.9 Å². The largest absolute Gasteiger partial charge is 0.481 e. The molecule has 12 heteroatoms. The summed E-state index contributed by atoms with van der Waals surface area (Å²) in [6, 6.07) is -4.45. The molecule has 0 aromatic rings. The third-order valence-electron chi connectivity index (χ3n) is 4.64. The summed E-state index contributed by atoms with van der Waals surface area (Å²) in [5, 5.41) is 25.5. The van der Waals surface area contributed by atoms with Crippen LogP contribution in [0.2, 0.25) is 0 Å². The van der Waals surface area contributed by atoms with Crippen LogP contribution in [-0.4, -0.2) is 76.0 Å². The first-order chi connectivity index (χ1) is 15.3. The number of carbonyl (C=O) groups is 5. The standard InChI is InChI=1S/C21H38N4O7S/c1-11(2)8-13(22)18(28)24-15(9-12(3)4)20(30)23-14(6-7-33-5)19(29)25-16(21(31)32)10-17(26)27/h11-16H,6-10,22H2,1-5H3,(H,23,30)(H,24,28)(H,25,29)(H,26,27)(H,31,32). The first-order valence-corrected chi connectivity index (χ1v) is 12.3. The number of nitrogens with one attached hydrogen (secondary N) is 3. The minimum absolute atomic E-state index is 0.0489. The van der Waals surface area contributed by atoms with Crippen molar-refractivity contribution in [3.8, 4) is 0 Å². The normalized spacial score (nSPS) is 14.8. The van der Waals surface area contributed by atoms with Crippen molar-refractivity contribution in [2.75, 3.05) is 12.0 Å². The molecule has 190 valence electrons. The summed E-state index contributed by atoms with van der Waals surface area (Å²) in [4.78, 5) is 60.3. The fraction of sp³-hybridized carbons (Fsp3) is 0.762. The van der Waals surface area contributed by atoms with Crippen LogP contribution in [0, 0.1) is 11.8 Å². The fourth-order valence-electron chi connectivity index (χ4n) is 3.02. The van der Waals surface area contributed by atoms with Gasteiger partial charge in [-0.1, -0.05) is 27.7 Å². The van der Waals surface area contributed by atoms with E-state index in [4.69, 9.17) is 10.8 Å². The number of carboxylic acids is 2. The second-order valence-corrected chi connectivity index (χ2v) is 9.75. The lowest BCUT2D eigenvalue weighted by molar-refractivity contribution is -0.147. The molecule has 0 bridgehead atoms. The topological polar surface area (TPSA) is 188 Å². The van der Waals surface area contributed by atoms with Crippen LogP contribution in [0.15, 0.2) is 0 Å². The number of nitrogens with two attached hydrogens (primary N) is 1. The van der Waals surface area contributed by atoms with Gasteiger partial charge in [0.15, 0.2) is 0 Å². The molecule has 33 heavy (non-hydrogen) atoms. The maximum atomic E-state index is 13.0. The molecule has 0 saturated carbocycles.